The molecule has 0 aliphatic carbocycles. The second kappa shape index (κ2) is 4.36. The van der Waals surface area contributed by atoms with Gasteiger partial charge in [0.15, 0.2) is 0 Å². The van der Waals surface area contributed by atoms with Gasteiger partial charge in [0.05, 0.1) is 0 Å². The Morgan fingerprint density at radius 3 is 2.68 bits per heavy atom. The first-order valence-corrected chi connectivity index (χ1v) is 6.23. The first-order valence-electron chi connectivity index (χ1n) is 7.73. The molecule has 0 atom stereocenters. The zero-order valence-electron chi connectivity index (χ0n) is 14.6. The predicted octanol–water partition coefficient (Wildman–Crippen LogP) is 3.51. The maximum Gasteiger partial charge on any atom is 0.0429 e. The third-order valence-corrected chi connectivity index (χ3v) is 4.71. The average Bonchev–Trinajstić information content (AvgIpc) is 2.83. The number of allylic oxidation sites excluding steroid dienone is 1. The molecule has 1 aromatic rings. The molecule has 2 aliphatic rings. The third-order valence-electron chi connectivity index (χ3n) is 4.71. The van der Waals surface area contributed by atoms with Crippen LogP contribution in [0.5, 0.6) is 0 Å². The van der Waals surface area contributed by atoms with Gasteiger partial charge in [-0.15, -0.1) is 11.3 Å². The Morgan fingerprint density at radius 2 is 2.00 bits per heavy atom. The Morgan fingerprint density at radius 1 is 1.26 bits per heavy atom. The van der Waals surface area contributed by atoms with Crippen LogP contribution < -0.4 is 4.90 Å². The van der Waals surface area contributed by atoms with Gasteiger partial charge in [-0.2, -0.15) is 30.9 Å². The summed E-state index contributed by atoms with van der Waals surface area (Å²) in [6, 6.07) is 9.24. The van der Waals surface area contributed by atoms with Gasteiger partial charge in [-0.3, -0.25) is 0 Å². The number of para-hydroxylation sites is 1. The van der Waals surface area contributed by atoms with Crippen molar-refractivity contribution in [2.75, 3.05) is 11.9 Å². The van der Waals surface area contributed by atoms with Gasteiger partial charge in [0.25, 0.3) is 0 Å². The van der Waals surface area contributed by atoms with Gasteiger partial charge in [0.1, 0.15) is 0 Å². The minimum Gasteiger partial charge on any atom is -0.510 e. The number of hydrogen-bond donors (Lipinski definition) is 0. The minimum atomic E-state index is -2.17. The topological polar surface area (TPSA) is 6.48 Å². The van der Waals surface area contributed by atoms with Crippen LogP contribution in [0.15, 0.2) is 30.1 Å². The number of fused-ring (bicyclic) bond motifs is 3. The van der Waals surface area contributed by atoms with E-state index < -0.39 is 6.98 Å². The van der Waals surface area contributed by atoms with Crippen LogP contribution in [-0.2, 0) is 25.5 Å². The molecule has 3 heteroatoms. The molecule has 105 valence electrons. The van der Waals surface area contributed by atoms with Crippen molar-refractivity contribution in [3.8, 4) is 0 Å². The van der Waals surface area contributed by atoms with Crippen LogP contribution >= 0.6 is 0 Å². The van der Waals surface area contributed by atoms with Crippen LogP contribution in [-0.4, -0.2) is 11.9 Å². The van der Waals surface area contributed by atoms with E-state index in [1.54, 1.807) is 12.9 Å². The van der Waals surface area contributed by atoms with E-state index in [0.29, 0.717) is 0 Å². The fraction of sp³-hybridized carbons (Fsp3) is 0.438. The number of nitrogens with zero attached hydrogens (tertiary/aromatic N) is 2. The standard InChI is InChI=1S/C16H20N2.Ir/c1-15(2)12-8-6-7-9-13(12)18-11-17(5)10-14(18)16(15,3)4;/h6-8,10-11H,1-5H3;/q-2;/i5D3;. The van der Waals surface area contributed by atoms with Gasteiger partial charge in [-0.1, -0.05) is 27.7 Å². The van der Waals surface area contributed by atoms with E-state index in [2.05, 4.69) is 39.8 Å². The zero-order chi connectivity index (χ0) is 15.6. The molecule has 0 amide bonds. The van der Waals surface area contributed by atoms with E-state index in [1.807, 2.05) is 17.0 Å². The fourth-order valence-corrected chi connectivity index (χ4v) is 2.84. The second-order valence-corrected chi connectivity index (χ2v) is 6.09. The van der Waals surface area contributed by atoms with E-state index in [-0.39, 0.29) is 30.9 Å². The molecular formula is C16H20IrN2-2. The van der Waals surface area contributed by atoms with Gasteiger partial charge < -0.3 is 9.80 Å². The van der Waals surface area contributed by atoms with E-state index >= 15 is 0 Å². The normalized spacial score (nSPS) is 25.3. The van der Waals surface area contributed by atoms with Gasteiger partial charge in [0.2, 0.25) is 0 Å². The minimum absolute atomic E-state index is 0. The fourth-order valence-electron chi connectivity index (χ4n) is 2.84. The van der Waals surface area contributed by atoms with Gasteiger partial charge in [-0.25, -0.2) is 0 Å². The first-order chi connectivity index (χ1) is 9.57. The van der Waals surface area contributed by atoms with Crippen molar-refractivity contribution in [1.82, 2.24) is 4.90 Å². The van der Waals surface area contributed by atoms with Crippen LogP contribution in [0.1, 0.15) is 37.4 Å². The van der Waals surface area contributed by atoms with Crippen molar-refractivity contribution in [1.29, 1.82) is 0 Å². The maximum absolute atomic E-state index is 7.64. The number of rotatable bonds is 0. The zero-order valence-corrected chi connectivity index (χ0v) is 14.0. The van der Waals surface area contributed by atoms with Gasteiger partial charge in [-0.05, 0) is 18.6 Å². The Hall–Kier alpha value is -0.791. The quantitative estimate of drug-likeness (QED) is 0.576. The SMILES string of the molecule is [2H]C([2H])([2H])N1C=C2N([CH-]1)c1[c-]cccc1C(C)(C)C2(C)C.[Ir]. The van der Waals surface area contributed by atoms with E-state index in [0.717, 1.165) is 11.4 Å². The predicted molar refractivity (Wildman–Crippen MR) is 74.7 cm³/mol. The van der Waals surface area contributed by atoms with Crippen molar-refractivity contribution in [3.63, 3.8) is 0 Å². The van der Waals surface area contributed by atoms with E-state index in [1.165, 1.54) is 10.5 Å². The molecule has 2 nitrogen and oxygen atoms in total. The molecule has 2 heterocycles. The molecule has 0 saturated heterocycles. The summed E-state index contributed by atoms with van der Waals surface area (Å²) in [7, 11) is 0. The van der Waals surface area contributed by atoms with Crippen LogP contribution in [0, 0.1) is 18.2 Å². The summed E-state index contributed by atoms with van der Waals surface area (Å²) in [4.78, 5) is 3.28. The molecule has 3 rings (SSSR count). The number of benzene rings is 1. The number of hydrogen-bond acceptors (Lipinski definition) is 2. The maximum atomic E-state index is 7.64. The first kappa shape index (κ1) is 10.9. The molecule has 0 spiro atoms. The molecule has 0 saturated carbocycles. The Kier molecular flexibility index (Phi) is 2.51. The smallest absolute Gasteiger partial charge is 0.0429 e. The molecule has 2 aliphatic heterocycles. The van der Waals surface area contributed by atoms with E-state index in [4.69, 9.17) is 4.11 Å². The molecule has 0 fully saturated rings. The summed E-state index contributed by atoms with van der Waals surface area (Å²) < 4.78 is 22.9. The molecule has 0 aromatic heterocycles. The summed E-state index contributed by atoms with van der Waals surface area (Å²) in [5.41, 5.74) is 2.83. The largest absolute Gasteiger partial charge is 0.510 e. The summed E-state index contributed by atoms with van der Waals surface area (Å²) >= 11 is 0. The molecule has 1 aromatic carbocycles. The summed E-state index contributed by atoms with van der Waals surface area (Å²) in [6.45, 7) is 8.23. The van der Waals surface area contributed by atoms with Crippen LogP contribution in [0.3, 0.4) is 0 Å². The molecule has 0 bridgehead atoms. The summed E-state index contributed by atoms with van der Waals surface area (Å²) in [5.74, 6) is 0. The van der Waals surface area contributed by atoms with Crippen molar-refractivity contribution in [2.45, 2.75) is 33.1 Å². The van der Waals surface area contributed by atoms with Crippen molar-refractivity contribution < 1.29 is 24.2 Å². The molecule has 0 N–H and O–H groups in total. The van der Waals surface area contributed by atoms with Crippen LogP contribution in [0.4, 0.5) is 5.69 Å². The third kappa shape index (κ3) is 1.79. The molecule has 0 unspecified atom stereocenters. The van der Waals surface area contributed by atoms with E-state index in [9.17, 15) is 0 Å². The van der Waals surface area contributed by atoms with Gasteiger partial charge in [0, 0.05) is 35.3 Å². The summed E-state index contributed by atoms with van der Waals surface area (Å²) in [5, 5.41) is 0. The van der Waals surface area contributed by atoms with Crippen molar-refractivity contribution in [2.24, 2.45) is 5.41 Å². The number of anilines is 1. The monoisotopic (exact) mass is 436 g/mol. The Bertz CT molecular complexity index is 620. The van der Waals surface area contributed by atoms with Crippen LogP contribution in [0.25, 0.3) is 0 Å². The molecule has 19 heavy (non-hydrogen) atoms. The summed E-state index contributed by atoms with van der Waals surface area (Å²) in [6.07, 6.45) is 1.75. The van der Waals surface area contributed by atoms with Gasteiger partial charge >= 0.3 is 0 Å². The molecular weight excluding hydrogens is 412 g/mol. The Balaban J connectivity index is 0.00000176. The van der Waals surface area contributed by atoms with Crippen molar-refractivity contribution in [3.05, 3.63) is 48.4 Å². The Labute approximate surface area is 134 Å². The van der Waals surface area contributed by atoms with Crippen molar-refractivity contribution >= 4 is 5.69 Å². The average molecular weight is 436 g/mol. The van der Waals surface area contributed by atoms with Crippen LogP contribution in [0.2, 0.25) is 0 Å². The second-order valence-electron chi connectivity index (χ2n) is 6.09. The molecule has 1 radical (unpaired) electrons.